The Morgan fingerprint density at radius 2 is 2.00 bits per heavy atom. The molecule has 5 rings (SSSR count). The second-order valence-electron chi connectivity index (χ2n) is 7.61. The van der Waals surface area contributed by atoms with Crippen LogP contribution in [0.1, 0.15) is 19.3 Å². The molecule has 1 aromatic carbocycles. The number of nitrogen functional groups attached to an aromatic ring is 1. The van der Waals surface area contributed by atoms with Gasteiger partial charge >= 0.3 is 0 Å². The highest BCUT2D eigenvalue weighted by molar-refractivity contribution is 9.10. The van der Waals surface area contributed by atoms with Gasteiger partial charge in [-0.2, -0.15) is 0 Å². The van der Waals surface area contributed by atoms with E-state index in [-0.39, 0.29) is 6.79 Å². The predicted molar refractivity (Wildman–Crippen MR) is 118 cm³/mol. The molecule has 11 heteroatoms. The van der Waals surface area contributed by atoms with E-state index in [4.69, 9.17) is 20.2 Å². The first-order valence-corrected chi connectivity index (χ1v) is 11.7. The summed E-state index contributed by atoms with van der Waals surface area (Å²) in [6.45, 7) is 2.67. The molecule has 1 saturated heterocycles. The number of imidazole rings is 1. The number of fused-ring (bicyclic) bond motifs is 2. The summed E-state index contributed by atoms with van der Waals surface area (Å²) in [5.74, 6) is 3.11. The van der Waals surface area contributed by atoms with Crippen LogP contribution in [-0.4, -0.2) is 50.7 Å². The minimum Gasteiger partial charge on any atom is -0.454 e. The van der Waals surface area contributed by atoms with Crippen molar-refractivity contribution in [2.24, 2.45) is 5.92 Å². The molecule has 0 atom stereocenters. The van der Waals surface area contributed by atoms with Crippen LogP contribution in [-0.2, 0) is 11.3 Å². The number of ether oxygens (including phenoxy) is 2. The van der Waals surface area contributed by atoms with Crippen LogP contribution < -0.4 is 15.2 Å². The normalized spacial score (nSPS) is 16.2. The van der Waals surface area contributed by atoms with Crippen LogP contribution in [0.5, 0.6) is 11.5 Å². The largest absolute Gasteiger partial charge is 0.454 e. The number of nitrogens with two attached hydrogens (primary N) is 1. The van der Waals surface area contributed by atoms with Crippen LogP contribution in [0.25, 0.3) is 11.5 Å². The summed E-state index contributed by atoms with van der Waals surface area (Å²) >= 11 is 5.01. The van der Waals surface area contributed by atoms with Crippen molar-refractivity contribution >= 4 is 39.9 Å². The van der Waals surface area contributed by atoms with E-state index in [1.807, 2.05) is 21.6 Å². The molecular weight excluding hydrogens is 484 g/mol. The predicted octanol–water partition coefficient (Wildman–Crippen LogP) is 3.26. The number of hydrogen-bond donors (Lipinski definition) is 1. The summed E-state index contributed by atoms with van der Waals surface area (Å²) in [6, 6.07) is 3.80. The molecule has 0 aromatic heterocycles. The van der Waals surface area contributed by atoms with Gasteiger partial charge in [0.25, 0.3) is 0 Å². The lowest BCUT2D eigenvalue weighted by atomic mass is 9.94. The number of likely N-dealkylation sites (tertiary alicyclic amines) is 1. The van der Waals surface area contributed by atoms with Gasteiger partial charge in [-0.25, -0.2) is 15.0 Å². The number of aromatic nitrogens is 4. The summed E-state index contributed by atoms with van der Waals surface area (Å²) in [6.07, 6.45) is 5.72. The summed E-state index contributed by atoms with van der Waals surface area (Å²) in [4.78, 5) is 27.3. The van der Waals surface area contributed by atoms with Crippen molar-refractivity contribution in [1.82, 2.24) is 24.4 Å². The molecular formula is C20H21BrN6O3S. The maximum Gasteiger partial charge on any atom is 0.231 e. The number of aryl methyl sites for hydroxylation is 1. The Labute approximate surface area is 191 Å². The monoisotopic (exact) mass is 504 g/mol. The third-order valence-electron chi connectivity index (χ3n) is 5.68. The van der Waals surface area contributed by atoms with Crippen molar-refractivity contribution in [3.05, 3.63) is 22.9 Å². The van der Waals surface area contributed by atoms with Gasteiger partial charge in [0.2, 0.25) is 13.2 Å². The van der Waals surface area contributed by atoms with Crippen LogP contribution in [0.15, 0.2) is 33.0 Å². The van der Waals surface area contributed by atoms with Crippen LogP contribution >= 0.6 is 27.7 Å². The maximum atomic E-state index is 10.9. The molecule has 1 fully saturated rings. The van der Waals surface area contributed by atoms with Crippen LogP contribution in [0.4, 0.5) is 5.82 Å². The van der Waals surface area contributed by atoms with Crippen molar-refractivity contribution in [3.63, 3.8) is 0 Å². The fraction of sp³-hybridized carbons (Fsp3) is 0.400. The highest BCUT2D eigenvalue weighted by atomic mass is 79.9. The second-order valence-corrected chi connectivity index (χ2v) is 9.48. The first-order valence-electron chi connectivity index (χ1n) is 10.1. The molecule has 0 spiro atoms. The number of nitrogens with zero attached hydrogens (tertiary/aromatic N) is 5. The lowest BCUT2D eigenvalue weighted by molar-refractivity contribution is -0.119. The summed E-state index contributed by atoms with van der Waals surface area (Å²) in [5, 5.41) is 0.599. The van der Waals surface area contributed by atoms with Crippen molar-refractivity contribution in [1.29, 1.82) is 0 Å². The molecule has 2 N–H and O–H groups in total. The van der Waals surface area contributed by atoms with E-state index >= 15 is 0 Å². The van der Waals surface area contributed by atoms with Crippen molar-refractivity contribution < 1.29 is 14.3 Å². The average Bonchev–Trinajstić information content (AvgIpc) is 3.41. The fourth-order valence-corrected chi connectivity index (χ4v) is 5.24. The summed E-state index contributed by atoms with van der Waals surface area (Å²) < 4.78 is 13.8. The maximum absolute atomic E-state index is 10.9. The highest BCUT2D eigenvalue weighted by Gasteiger charge is 2.23. The summed E-state index contributed by atoms with van der Waals surface area (Å²) in [7, 11) is 0. The van der Waals surface area contributed by atoms with E-state index in [2.05, 4.69) is 25.9 Å². The number of hydrogen-bond acceptors (Lipinski definition) is 8. The molecule has 162 valence electrons. The van der Waals surface area contributed by atoms with E-state index in [0.29, 0.717) is 28.3 Å². The number of amides is 1. The number of rotatable bonds is 6. The molecule has 0 bridgehead atoms. The van der Waals surface area contributed by atoms with E-state index in [1.54, 1.807) is 6.33 Å². The molecule has 0 radical (unpaired) electrons. The number of halogens is 1. The van der Waals surface area contributed by atoms with E-state index in [1.165, 1.54) is 11.8 Å². The van der Waals surface area contributed by atoms with Gasteiger partial charge in [-0.15, -0.1) is 0 Å². The molecule has 0 unspecified atom stereocenters. The van der Waals surface area contributed by atoms with Gasteiger partial charge in [0, 0.05) is 29.0 Å². The third kappa shape index (κ3) is 4.16. The van der Waals surface area contributed by atoms with Gasteiger partial charge in [0.1, 0.15) is 0 Å². The Bertz CT molecular complexity index is 1090. The average molecular weight is 505 g/mol. The summed E-state index contributed by atoms with van der Waals surface area (Å²) in [5.41, 5.74) is 6.69. The number of piperidine rings is 1. The Morgan fingerprint density at radius 3 is 2.77 bits per heavy atom. The molecule has 1 aromatic rings. The fourth-order valence-electron chi connectivity index (χ4n) is 3.89. The Kier molecular flexibility index (Phi) is 5.61. The first-order chi connectivity index (χ1) is 15.1. The van der Waals surface area contributed by atoms with E-state index < -0.39 is 0 Å². The topological polar surface area (TPSA) is 108 Å². The van der Waals surface area contributed by atoms with Crippen molar-refractivity contribution in [3.8, 4) is 23.0 Å². The molecule has 4 aliphatic heterocycles. The van der Waals surface area contributed by atoms with Crippen LogP contribution in [0.3, 0.4) is 0 Å². The first kappa shape index (κ1) is 20.4. The SMILES string of the molecule is Nc1ncn(CCC2CCN(C=O)CC2)c2nc(Sc3cc4c(cc3Br)OCO4)nc1-2. The standard InChI is InChI=1S/C20H21BrN6O3S/c21-13-7-14-15(30-11-29-14)8-16(13)31-20-24-17-18(22)23-9-27(19(17)25-20)6-3-12-1-4-26(10-28)5-2-12/h7-10,12H,1-6,11,22H2. The third-order valence-corrected chi connectivity index (χ3v) is 7.52. The smallest absolute Gasteiger partial charge is 0.231 e. The Balaban J connectivity index is 1.34. The number of benzene rings is 1. The van der Waals surface area contributed by atoms with Gasteiger partial charge in [0.05, 0.1) is 6.33 Å². The molecule has 9 nitrogen and oxygen atoms in total. The van der Waals surface area contributed by atoms with E-state index in [0.717, 1.165) is 66.2 Å². The molecule has 31 heavy (non-hydrogen) atoms. The van der Waals surface area contributed by atoms with Crippen LogP contribution in [0, 0.1) is 5.92 Å². The highest BCUT2D eigenvalue weighted by Crippen LogP contribution is 2.43. The molecule has 1 amide bonds. The van der Waals surface area contributed by atoms with Crippen molar-refractivity contribution in [2.45, 2.75) is 35.9 Å². The second kappa shape index (κ2) is 8.54. The van der Waals surface area contributed by atoms with Gasteiger partial charge in [-0.1, -0.05) is 0 Å². The van der Waals surface area contributed by atoms with Gasteiger partial charge < -0.3 is 24.7 Å². The molecule has 0 aliphatic carbocycles. The zero-order valence-electron chi connectivity index (χ0n) is 16.7. The minimum atomic E-state index is 0.225. The van der Waals surface area contributed by atoms with Gasteiger partial charge in [0.15, 0.2) is 34.0 Å². The lowest BCUT2D eigenvalue weighted by Gasteiger charge is -2.29. The van der Waals surface area contributed by atoms with E-state index in [9.17, 15) is 4.79 Å². The Morgan fingerprint density at radius 1 is 1.23 bits per heavy atom. The zero-order valence-corrected chi connectivity index (χ0v) is 19.1. The zero-order chi connectivity index (χ0) is 21.4. The Hall–Kier alpha value is -2.53. The molecule has 4 heterocycles. The van der Waals surface area contributed by atoms with Crippen molar-refractivity contribution in [2.75, 3.05) is 25.6 Å². The number of carbonyl (C=O) groups is 1. The molecule has 4 aliphatic rings. The van der Waals surface area contributed by atoms with Crippen LogP contribution in [0.2, 0.25) is 0 Å². The number of carbonyl (C=O) groups excluding carboxylic acids is 1. The number of anilines is 1. The lowest BCUT2D eigenvalue weighted by Crippen LogP contribution is -2.32. The van der Waals surface area contributed by atoms with Gasteiger partial charge in [-0.05, 0) is 65.0 Å². The minimum absolute atomic E-state index is 0.225. The molecule has 0 saturated carbocycles. The van der Waals surface area contributed by atoms with Gasteiger partial charge in [-0.3, -0.25) is 4.79 Å². The quantitative estimate of drug-likeness (QED) is 0.509.